The van der Waals surface area contributed by atoms with E-state index >= 15 is 0 Å². The monoisotopic (exact) mass is 385 g/mol. The standard InChI is InChI=1S/C13H24INO4/c1-4-11(12(16)14(2)3)15-13(17)19-9-10-7-5-6-8-18-10/h10-11H,4-9H2,1-3H3,(H,15,17). The molecule has 1 aliphatic heterocycles. The molecular weight excluding hydrogens is 361 g/mol. The van der Waals surface area contributed by atoms with Gasteiger partial charge in [-0.1, -0.05) is 0 Å². The number of alkyl carbamates (subject to hydrolysis) is 1. The quantitative estimate of drug-likeness (QED) is 0.433. The number of nitrogens with one attached hydrogen (secondary N) is 1. The Morgan fingerprint density at radius 1 is 1.42 bits per heavy atom. The Balaban J connectivity index is 2.30. The summed E-state index contributed by atoms with van der Waals surface area (Å²) in [5, 5.41) is 2.66. The molecular formula is C13H24INO4. The molecule has 112 valence electrons. The molecule has 0 aliphatic carbocycles. The zero-order valence-electron chi connectivity index (χ0n) is 11.9. The van der Waals surface area contributed by atoms with Gasteiger partial charge in [0.1, 0.15) is 0 Å². The summed E-state index contributed by atoms with van der Waals surface area (Å²) in [6.45, 7) is 2.91. The molecule has 5 nitrogen and oxygen atoms in total. The molecule has 1 amide bonds. The van der Waals surface area contributed by atoms with Crippen LogP contribution in [-0.2, 0) is 14.3 Å². The molecule has 6 heteroatoms. The third-order valence-corrected chi connectivity index (χ3v) is 5.90. The summed E-state index contributed by atoms with van der Waals surface area (Å²) >= 11 is -1.55. The Morgan fingerprint density at radius 2 is 2.16 bits per heavy atom. The van der Waals surface area contributed by atoms with Crippen LogP contribution >= 0.6 is 19.8 Å². The van der Waals surface area contributed by atoms with Gasteiger partial charge in [-0.3, -0.25) is 0 Å². The first-order valence-electron chi connectivity index (χ1n) is 6.63. The molecule has 0 aromatic heterocycles. The van der Waals surface area contributed by atoms with E-state index in [0.717, 1.165) is 25.9 Å². The van der Waals surface area contributed by atoms with Gasteiger partial charge < -0.3 is 0 Å². The summed E-state index contributed by atoms with van der Waals surface area (Å²) in [7, 11) is 0. The van der Waals surface area contributed by atoms with Gasteiger partial charge in [-0.15, -0.1) is 0 Å². The van der Waals surface area contributed by atoms with Crippen molar-refractivity contribution in [1.82, 2.24) is 5.32 Å². The summed E-state index contributed by atoms with van der Waals surface area (Å²) in [5.74, 6) is 0. The van der Waals surface area contributed by atoms with E-state index in [2.05, 4.69) is 5.32 Å². The zero-order valence-corrected chi connectivity index (χ0v) is 14.1. The molecule has 1 saturated heterocycles. The Hall–Kier alpha value is -0.370. The third kappa shape index (κ3) is 6.07. The van der Waals surface area contributed by atoms with E-state index in [1.54, 1.807) is 0 Å². The van der Waals surface area contributed by atoms with Crippen LogP contribution < -0.4 is 5.32 Å². The number of amides is 1. The van der Waals surface area contributed by atoms with Crippen molar-refractivity contribution in [3.8, 4) is 0 Å². The first-order chi connectivity index (χ1) is 9.04. The van der Waals surface area contributed by atoms with Gasteiger partial charge in [0.25, 0.3) is 0 Å². The van der Waals surface area contributed by atoms with E-state index in [1.165, 1.54) is 0 Å². The summed E-state index contributed by atoms with van der Waals surface area (Å²) < 4.78 is 10.8. The number of alkyl halides is 2. The molecule has 2 atom stereocenters. The van der Waals surface area contributed by atoms with E-state index < -0.39 is 25.9 Å². The fraction of sp³-hybridized carbons (Fsp3) is 0.846. The van der Waals surface area contributed by atoms with Crippen LogP contribution in [0.2, 0.25) is 0 Å². The summed E-state index contributed by atoms with van der Waals surface area (Å²) in [6, 6.07) is -0.389. The topological polar surface area (TPSA) is 64.6 Å². The number of ether oxygens (including phenoxy) is 2. The van der Waals surface area contributed by atoms with Gasteiger partial charge in [-0.05, 0) is 0 Å². The normalized spacial score (nSPS) is 21.4. The fourth-order valence-electron chi connectivity index (χ4n) is 1.87. The molecule has 0 aromatic rings. The number of carbonyl (C=O) groups is 2. The van der Waals surface area contributed by atoms with Crippen molar-refractivity contribution in [2.45, 2.75) is 44.8 Å². The van der Waals surface area contributed by atoms with Crippen molar-refractivity contribution in [1.29, 1.82) is 0 Å². The second-order valence-electron chi connectivity index (χ2n) is 4.75. The first kappa shape index (κ1) is 16.7. The molecule has 1 aliphatic rings. The molecule has 0 bridgehead atoms. The molecule has 0 spiro atoms. The number of halogens is 1. The minimum atomic E-state index is -1.55. The molecule has 0 radical (unpaired) electrons. The van der Waals surface area contributed by atoms with Crippen LogP contribution in [0.25, 0.3) is 0 Å². The third-order valence-electron chi connectivity index (χ3n) is 3.02. The van der Waals surface area contributed by atoms with Crippen LogP contribution in [-0.4, -0.2) is 45.1 Å². The molecule has 1 heterocycles. The molecule has 0 aromatic carbocycles. The first-order valence-corrected chi connectivity index (χ1v) is 12.0. The van der Waals surface area contributed by atoms with E-state index in [1.807, 2.05) is 16.8 Å². The van der Waals surface area contributed by atoms with Gasteiger partial charge >= 0.3 is 122 Å². The van der Waals surface area contributed by atoms with Crippen LogP contribution in [0.5, 0.6) is 0 Å². The Bertz CT molecular complexity index is 303. The van der Waals surface area contributed by atoms with Gasteiger partial charge in [0, 0.05) is 0 Å². The minimum absolute atomic E-state index is 0.0101. The van der Waals surface area contributed by atoms with Crippen LogP contribution in [0.4, 0.5) is 4.79 Å². The van der Waals surface area contributed by atoms with Crippen molar-refractivity contribution in [2.75, 3.05) is 23.1 Å². The average molecular weight is 385 g/mol. The van der Waals surface area contributed by atoms with Crippen molar-refractivity contribution in [3.05, 3.63) is 0 Å². The maximum atomic E-state index is 11.9. The van der Waals surface area contributed by atoms with E-state index in [4.69, 9.17) is 9.47 Å². The molecule has 1 fully saturated rings. The second kappa shape index (κ2) is 8.73. The number of hydrogen-bond donors (Lipinski definition) is 1. The Morgan fingerprint density at radius 3 is 2.68 bits per heavy atom. The number of carbonyl (C=O) groups excluding carboxylic acids is 2. The fourth-order valence-corrected chi connectivity index (χ4v) is 3.97. The van der Waals surface area contributed by atoms with Crippen LogP contribution in [0.1, 0.15) is 32.6 Å². The van der Waals surface area contributed by atoms with E-state index in [-0.39, 0.29) is 22.5 Å². The van der Waals surface area contributed by atoms with Gasteiger partial charge in [-0.25, -0.2) is 0 Å². The second-order valence-corrected chi connectivity index (χ2v) is 10.1. The summed E-state index contributed by atoms with van der Waals surface area (Å²) in [4.78, 5) is 27.5. The van der Waals surface area contributed by atoms with Gasteiger partial charge in [0.2, 0.25) is 0 Å². The molecule has 1 rings (SSSR count). The molecule has 19 heavy (non-hydrogen) atoms. The summed E-state index contributed by atoms with van der Waals surface area (Å²) in [5.41, 5.74) is 0. The van der Waals surface area contributed by atoms with Gasteiger partial charge in [0.05, 0.1) is 0 Å². The molecule has 1 N–H and O–H groups in total. The Labute approximate surface area is 122 Å². The van der Waals surface area contributed by atoms with Crippen LogP contribution in [0.3, 0.4) is 0 Å². The van der Waals surface area contributed by atoms with E-state index in [0.29, 0.717) is 6.42 Å². The average Bonchev–Trinajstić information content (AvgIpc) is 2.42. The van der Waals surface area contributed by atoms with Crippen molar-refractivity contribution in [3.63, 3.8) is 0 Å². The van der Waals surface area contributed by atoms with Gasteiger partial charge in [-0.2, -0.15) is 0 Å². The number of rotatable bonds is 6. The SMILES string of the molecule is CCC(NC(=O)OCC1CCCCO1)C(=O)I(C)C. The van der Waals surface area contributed by atoms with E-state index in [9.17, 15) is 9.59 Å². The van der Waals surface area contributed by atoms with Crippen molar-refractivity contribution < 1.29 is 19.1 Å². The molecule has 2 unspecified atom stereocenters. The Kier molecular flexibility index (Phi) is 7.67. The predicted molar refractivity (Wildman–Crippen MR) is 83.0 cm³/mol. The van der Waals surface area contributed by atoms with Crippen LogP contribution in [0.15, 0.2) is 0 Å². The molecule has 0 saturated carbocycles. The predicted octanol–water partition coefficient (Wildman–Crippen LogP) is 2.35. The van der Waals surface area contributed by atoms with Crippen molar-refractivity contribution >= 4 is 29.7 Å². The van der Waals surface area contributed by atoms with Crippen LogP contribution in [0, 0.1) is 0 Å². The zero-order chi connectivity index (χ0) is 14.3. The summed E-state index contributed by atoms with van der Waals surface area (Å²) in [6.07, 6.45) is 3.25. The van der Waals surface area contributed by atoms with Gasteiger partial charge in [0.15, 0.2) is 0 Å². The van der Waals surface area contributed by atoms with Crippen molar-refractivity contribution in [2.24, 2.45) is 0 Å². The maximum absolute atomic E-state index is 11.9. The number of hydrogen-bond acceptors (Lipinski definition) is 4.